The summed E-state index contributed by atoms with van der Waals surface area (Å²) in [5.74, 6) is 2.80. The highest BCUT2D eigenvalue weighted by Crippen LogP contribution is 2.41. The lowest BCUT2D eigenvalue weighted by Crippen LogP contribution is -2.43. The maximum absolute atomic E-state index is 10.3. The van der Waals surface area contributed by atoms with Crippen molar-refractivity contribution >= 4 is 11.8 Å². The van der Waals surface area contributed by atoms with Crippen LogP contribution < -0.4 is 0 Å². The zero-order valence-corrected chi connectivity index (χ0v) is 11.8. The summed E-state index contributed by atoms with van der Waals surface area (Å²) in [5.41, 5.74) is 0.104. The Morgan fingerprint density at radius 2 is 2.35 bits per heavy atom. The first-order valence-electron chi connectivity index (χ1n) is 6.66. The minimum Gasteiger partial charge on any atom is -0.393 e. The van der Waals surface area contributed by atoms with Crippen molar-refractivity contribution in [2.24, 2.45) is 5.92 Å². The number of nitrogens with zero attached hydrogens (tertiary/aromatic N) is 1. The monoisotopic (exact) mass is 259 g/mol. The smallest absolute Gasteiger partial charge is 0.0783 e. The molecule has 1 spiro atoms. The van der Waals surface area contributed by atoms with E-state index in [9.17, 15) is 5.11 Å². The molecular weight excluding hydrogens is 234 g/mol. The number of hydrogen-bond donors (Lipinski definition) is 1. The largest absolute Gasteiger partial charge is 0.393 e. The molecule has 100 valence electrons. The van der Waals surface area contributed by atoms with Crippen LogP contribution in [0, 0.1) is 5.92 Å². The summed E-state index contributed by atoms with van der Waals surface area (Å²) in [4.78, 5) is 2.14. The first kappa shape index (κ1) is 13.7. The first-order chi connectivity index (χ1) is 8.11. The fourth-order valence-electron chi connectivity index (χ4n) is 2.88. The molecule has 1 N–H and O–H groups in total. The SMILES string of the molecule is CN(C)CCC(O)C1CCOC2(CCSC2)C1. The van der Waals surface area contributed by atoms with Crippen molar-refractivity contribution in [3.8, 4) is 0 Å². The third-order valence-electron chi connectivity index (χ3n) is 4.01. The highest BCUT2D eigenvalue weighted by atomic mass is 32.2. The molecule has 4 heteroatoms. The second-order valence-corrected chi connectivity index (χ2v) is 6.85. The van der Waals surface area contributed by atoms with E-state index < -0.39 is 0 Å². The molecule has 0 aromatic heterocycles. The highest BCUT2D eigenvalue weighted by Gasteiger charge is 2.42. The van der Waals surface area contributed by atoms with Crippen molar-refractivity contribution in [1.29, 1.82) is 0 Å². The topological polar surface area (TPSA) is 32.7 Å². The third kappa shape index (κ3) is 3.60. The minimum atomic E-state index is -0.149. The van der Waals surface area contributed by atoms with Crippen molar-refractivity contribution in [2.45, 2.75) is 37.4 Å². The van der Waals surface area contributed by atoms with Crippen molar-refractivity contribution in [3.63, 3.8) is 0 Å². The first-order valence-corrected chi connectivity index (χ1v) is 7.81. The molecular formula is C13H25NO2S. The van der Waals surface area contributed by atoms with Crippen LogP contribution in [-0.2, 0) is 4.74 Å². The lowest BCUT2D eigenvalue weighted by Gasteiger charge is -2.39. The van der Waals surface area contributed by atoms with Crippen LogP contribution in [0.25, 0.3) is 0 Å². The molecule has 0 aromatic carbocycles. The fourth-order valence-corrected chi connectivity index (χ4v) is 4.26. The summed E-state index contributed by atoms with van der Waals surface area (Å²) >= 11 is 2.00. The number of hydrogen-bond acceptors (Lipinski definition) is 4. The zero-order valence-electron chi connectivity index (χ0n) is 11.0. The molecule has 0 radical (unpaired) electrons. The average molecular weight is 259 g/mol. The molecule has 0 amide bonds. The molecule has 0 saturated carbocycles. The predicted octanol–water partition coefficient (Wildman–Crippen LogP) is 1.60. The van der Waals surface area contributed by atoms with Gasteiger partial charge in [-0.15, -0.1) is 0 Å². The molecule has 3 unspecified atom stereocenters. The number of aliphatic hydroxyl groups excluding tert-OH is 1. The van der Waals surface area contributed by atoms with Gasteiger partial charge in [-0.3, -0.25) is 0 Å². The van der Waals surface area contributed by atoms with E-state index in [1.54, 1.807) is 0 Å². The van der Waals surface area contributed by atoms with E-state index in [4.69, 9.17) is 4.74 Å². The molecule has 0 bridgehead atoms. The number of rotatable bonds is 4. The van der Waals surface area contributed by atoms with Gasteiger partial charge in [0.2, 0.25) is 0 Å². The minimum absolute atomic E-state index is 0.104. The molecule has 0 aromatic rings. The van der Waals surface area contributed by atoms with Crippen molar-refractivity contribution in [2.75, 3.05) is 38.8 Å². The maximum atomic E-state index is 10.3. The molecule has 2 aliphatic rings. The van der Waals surface area contributed by atoms with Gasteiger partial charge in [-0.25, -0.2) is 0 Å². The quantitative estimate of drug-likeness (QED) is 0.831. The lowest BCUT2D eigenvalue weighted by atomic mass is 9.81. The second-order valence-electron chi connectivity index (χ2n) is 5.75. The van der Waals surface area contributed by atoms with Crippen LogP contribution in [0.5, 0.6) is 0 Å². The Morgan fingerprint density at radius 3 is 3.00 bits per heavy atom. The zero-order chi connectivity index (χ0) is 12.3. The Balaban J connectivity index is 1.84. The van der Waals surface area contributed by atoms with Gasteiger partial charge < -0.3 is 14.7 Å². The normalized spacial score (nSPS) is 35.6. The van der Waals surface area contributed by atoms with E-state index >= 15 is 0 Å². The molecule has 3 nitrogen and oxygen atoms in total. The molecule has 2 aliphatic heterocycles. The molecule has 2 heterocycles. The van der Waals surface area contributed by atoms with Gasteiger partial charge in [0.15, 0.2) is 0 Å². The average Bonchev–Trinajstić information content (AvgIpc) is 2.74. The van der Waals surface area contributed by atoms with Gasteiger partial charge in [0.1, 0.15) is 0 Å². The number of thioether (sulfide) groups is 1. The van der Waals surface area contributed by atoms with Crippen LogP contribution in [0.3, 0.4) is 0 Å². The summed E-state index contributed by atoms with van der Waals surface area (Å²) in [7, 11) is 4.12. The van der Waals surface area contributed by atoms with Gasteiger partial charge in [-0.1, -0.05) is 0 Å². The molecule has 0 aliphatic carbocycles. The highest BCUT2D eigenvalue weighted by molar-refractivity contribution is 7.99. The lowest BCUT2D eigenvalue weighted by molar-refractivity contribution is -0.102. The second kappa shape index (κ2) is 5.91. The van der Waals surface area contributed by atoms with Crippen LogP contribution >= 0.6 is 11.8 Å². The van der Waals surface area contributed by atoms with Crippen LogP contribution in [0.4, 0.5) is 0 Å². The summed E-state index contributed by atoms with van der Waals surface area (Å²) in [6.07, 6.45) is 4.01. The van der Waals surface area contributed by atoms with Gasteiger partial charge in [0, 0.05) is 12.4 Å². The van der Waals surface area contributed by atoms with Crippen molar-refractivity contribution in [3.05, 3.63) is 0 Å². The van der Waals surface area contributed by atoms with Crippen LogP contribution in [0.15, 0.2) is 0 Å². The Labute approximate surface area is 109 Å². The van der Waals surface area contributed by atoms with E-state index in [2.05, 4.69) is 19.0 Å². The van der Waals surface area contributed by atoms with E-state index in [0.29, 0.717) is 5.92 Å². The molecule has 2 rings (SSSR count). The molecule has 2 saturated heterocycles. The van der Waals surface area contributed by atoms with Crippen molar-refractivity contribution < 1.29 is 9.84 Å². The standard InChI is InChI=1S/C13H25NO2S/c1-14(2)6-3-12(15)11-4-7-16-13(9-11)5-8-17-10-13/h11-12,15H,3-10H2,1-2H3. The summed E-state index contributed by atoms with van der Waals surface area (Å²) in [6.45, 7) is 1.81. The van der Waals surface area contributed by atoms with E-state index in [1.807, 2.05) is 11.8 Å². The fraction of sp³-hybridized carbons (Fsp3) is 1.00. The van der Waals surface area contributed by atoms with Gasteiger partial charge in [0.25, 0.3) is 0 Å². The van der Waals surface area contributed by atoms with Crippen LogP contribution in [0.2, 0.25) is 0 Å². The number of ether oxygens (including phenoxy) is 1. The predicted molar refractivity (Wildman–Crippen MR) is 72.5 cm³/mol. The van der Waals surface area contributed by atoms with Gasteiger partial charge in [-0.05, 0) is 58.0 Å². The summed E-state index contributed by atoms with van der Waals surface area (Å²) in [6, 6.07) is 0. The Bertz CT molecular complexity index is 242. The van der Waals surface area contributed by atoms with Gasteiger partial charge >= 0.3 is 0 Å². The van der Waals surface area contributed by atoms with Crippen LogP contribution in [0.1, 0.15) is 25.7 Å². The molecule has 17 heavy (non-hydrogen) atoms. The Hall–Kier alpha value is 0.230. The van der Waals surface area contributed by atoms with Crippen molar-refractivity contribution in [1.82, 2.24) is 4.90 Å². The Kier molecular flexibility index (Phi) is 4.75. The van der Waals surface area contributed by atoms with Gasteiger partial charge in [0.05, 0.1) is 11.7 Å². The number of aliphatic hydroxyl groups is 1. The van der Waals surface area contributed by atoms with E-state index in [1.165, 1.54) is 12.2 Å². The summed E-state index contributed by atoms with van der Waals surface area (Å²) < 4.78 is 5.99. The van der Waals surface area contributed by atoms with E-state index in [-0.39, 0.29) is 11.7 Å². The third-order valence-corrected chi connectivity index (χ3v) is 5.24. The van der Waals surface area contributed by atoms with Gasteiger partial charge in [-0.2, -0.15) is 11.8 Å². The van der Waals surface area contributed by atoms with E-state index in [0.717, 1.165) is 38.2 Å². The summed E-state index contributed by atoms with van der Waals surface area (Å²) in [5, 5.41) is 10.3. The van der Waals surface area contributed by atoms with Crippen LogP contribution in [-0.4, -0.2) is 60.5 Å². The Morgan fingerprint density at radius 1 is 1.53 bits per heavy atom. The maximum Gasteiger partial charge on any atom is 0.0783 e. The molecule has 3 atom stereocenters. The molecule has 2 fully saturated rings.